The molecule has 1 aromatic rings. The highest BCUT2D eigenvalue weighted by molar-refractivity contribution is 5.92. The summed E-state index contributed by atoms with van der Waals surface area (Å²) < 4.78 is 6.00. The van der Waals surface area contributed by atoms with Crippen molar-refractivity contribution in [2.75, 3.05) is 11.9 Å². The summed E-state index contributed by atoms with van der Waals surface area (Å²) in [6.45, 7) is 11.0. The van der Waals surface area contributed by atoms with Crippen molar-refractivity contribution in [3.8, 4) is 0 Å². The number of hydrogen-bond donors (Lipinski definition) is 2. The molecule has 3 atom stereocenters. The molecular formula is C23H36N2O3. The first kappa shape index (κ1) is 22.4. The molecule has 1 fully saturated rings. The summed E-state index contributed by atoms with van der Waals surface area (Å²) in [5.74, 6) is 1.64. The summed E-state index contributed by atoms with van der Waals surface area (Å²) in [5, 5.41) is 5.78. The molecule has 2 rings (SSSR count). The maximum Gasteiger partial charge on any atom is 0.246 e. The number of ether oxygens (including phenoxy) is 1. The Labute approximate surface area is 169 Å². The Morgan fingerprint density at radius 2 is 1.79 bits per heavy atom. The lowest BCUT2D eigenvalue weighted by Gasteiger charge is -2.37. The van der Waals surface area contributed by atoms with Gasteiger partial charge < -0.3 is 15.4 Å². The minimum atomic E-state index is -0.0853. The molecule has 0 aliphatic heterocycles. The fraction of sp³-hybridized carbons (Fsp3) is 0.652. The predicted octanol–water partition coefficient (Wildman–Crippen LogP) is 4.37. The predicted molar refractivity (Wildman–Crippen MR) is 113 cm³/mol. The Bertz CT molecular complexity index is 640. The van der Waals surface area contributed by atoms with Gasteiger partial charge in [0.05, 0.1) is 6.10 Å². The topological polar surface area (TPSA) is 67.4 Å². The number of carbonyl (C=O) groups excluding carboxylic acids is 2. The van der Waals surface area contributed by atoms with Crippen molar-refractivity contribution in [1.29, 1.82) is 0 Å². The summed E-state index contributed by atoms with van der Waals surface area (Å²) in [6.07, 6.45) is 3.66. The van der Waals surface area contributed by atoms with Crippen molar-refractivity contribution in [3.05, 3.63) is 29.8 Å². The first-order chi connectivity index (χ1) is 13.3. The highest BCUT2D eigenvalue weighted by atomic mass is 16.5. The number of carbonyl (C=O) groups is 2. The Morgan fingerprint density at radius 1 is 1.11 bits per heavy atom. The molecule has 1 aliphatic carbocycles. The third-order valence-electron chi connectivity index (χ3n) is 5.63. The van der Waals surface area contributed by atoms with Gasteiger partial charge in [0.25, 0.3) is 0 Å². The third kappa shape index (κ3) is 6.93. The minimum Gasteiger partial charge on any atom is -0.368 e. The maximum atomic E-state index is 12.2. The second kappa shape index (κ2) is 10.6. The summed E-state index contributed by atoms with van der Waals surface area (Å²) in [6, 6.07) is 7.53. The smallest absolute Gasteiger partial charge is 0.246 e. The molecule has 0 aromatic heterocycles. The number of hydrogen-bond acceptors (Lipinski definition) is 3. The Balaban J connectivity index is 1.76. The van der Waals surface area contributed by atoms with E-state index < -0.39 is 0 Å². The molecule has 2 N–H and O–H groups in total. The van der Waals surface area contributed by atoms with E-state index in [-0.39, 0.29) is 30.4 Å². The van der Waals surface area contributed by atoms with Crippen molar-refractivity contribution in [3.63, 3.8) is 0 Å². The molecule has 28 heavy (non-hydrogen) atoms. The van der Waals surface area contributed by atoms with Crippen LogP contribution in [0.3, 0.4) is 0 Å². The van der Waals surface area contributed by atoms with Crippen molar-refractivity contribution in [1.82, 2.24) is 5.32 Å². The lowest BCUT2D eigenvalue weighted by Crippen LogP contribution is -2.37. The van der Waals surface area contributed by atoms with Crippen molar-refractivity contribution in [2.45, 2.75) is 66.5 Å². The molecule has 0 saturated heterocycles. The van der Waals surface area contributed by atoms with Gasteiger partial charge in [0.1, 0.15) is 6.61 Å². The molecule has 0 unspecified atom stereocenters. The molecule has 0 radical (unpaired) electrons. The van der Waals surface area contributed by atoms with E-state index in [4.69, 9.17) is 4.74 Å². The summed E-state index contributed by atoms with van der Waals surface area (Å²) >= 11 is 0. The van der Waals surface area contributed by atoms with Gasteiger partial charge in [0, 0.05) is 18.2 Å². The van der Waals surface area contributed by atoms with Gasteiger partial charge in [-0.15, -0.1) is 0 Å². The Hall–Kier alpha value is -1.88. The number of anilines is 1. The van der Waals surface area contributed by atoms with Gasteiger partial charge in [-0.25, -0.2) is 0 Å². The number of nitrogens with one attached hydrogen (secondary N) is 2. The van der Waals surface area contributed by atoms with Gasteiger partial charge in [-0.05, 0) is 48.3 Å². The highest BCUT2D eigenvalue weighted by Crippen LogP contribution is 2.35. The van der Waals surface area contributed by atoms with Gasteiger partial charge in [-0.3, -0.25) is 9.59 Å². The summed E-state index contributed by atoms with van der Waals surface area (Å²) in [4.78, 5) is 23.9. The van der Waals surface area contributed by atoms with E-state index in [0.29, 0.717) is 24.3 Å². The maximum absolute atomic E-state index is 12.2. The number of benzene rings is 1. The van der Waals surface area contributed by atoms with E-state index in [1.807, 2.05) is 38.1 Å². The molecule has 1 aromatic carbocycles. The van der Waals surface area contributed by atoms with Gasteiger partial charge in [0.2, 0.25) is 11.8 Å². The lowest BCUT2D eigenvalue weighted by molar-refractivity contribution is -0.131. The van der Waals surface area contributed by atoms with E-state index >= 15 is 0 Å². The zero-order valence-corrected chi connectivity index (χ0v) is 18.0. The molecule has 0 bridgehead atoms. The van der Waals surface area contributed by atoms with Crippen LogP contribution in [0, 0.1) is 23.7 Å². The van der Waals surface area contributed by atoms with Gasteiger partial charge in [-0.1, -0.05) is 53.2 Å². The van der Waals surface area contributed by atoms with E-state index in [1.54, 1.807) is 0 Å². The molecule has 0 spiro atoms. The van der Waals surface area contributed by atoms with Crippen LogP contribution in [0.25, 0.3) is 0 Å². The van der Waals surface area contributed by atoms with Crippen LogP contribution in [-0.2, 0) is 20.9 Å². The second-order valence-corrected chi connectivity index (χ2v) is 8.79. The molecule has 1 saturated carbocycles. The van der Waals surface area contributed by atoms with E-state index in [1.165, 1.54) is 12.8 Å². The standard InChI is InChI=1S/C23H36N2O3/c1-15(2)20-11-6-17(5)12-21(20)28-14-22(26)24-13-18-7-9-19(10-8-18)25-23(27)16(3)4/h7-10,15-17,20-21H,6,11-14H2,1-5H3,(H,24,26)(H,25,27)/t17-,20-,21+/m1/s1. The molecule has 156 valence electrons. The quantitative estimate of drug-likeness (QED) is 0.695. The molecule has 1 aliphatic rings. The third-order valence-corrected chi connectivity index (χ3v) is 5.63. The average Bonchev–Trinajstić information content (AvgIpc) is 2.65. The second-order valence-electron chi connectivity index (χ2n) is 8.79. The lowest BCUT2D eigenvalue weighted by atomic mass is 9.75. The Kier molecular flexibility index (Phi) is 8.49. The SMILES string of the molecule is CC(C)C(=O)Nc1ccc(CNC(=O)CO[C@H]2C[C@H](C)CC[C@@H]2C(C)C)cc1. The minimum absolute atomic E-state index is 0.00469. The molecule has 5 heteroatoms. The van der Waals surface area contributed by atoms with Crippen molar-refractivity contribution < 1.29 is 14.3 Å². The summed E-state index contributed by atoms with van der Waals surface area (Å²) in [5.41, 5.74) is 1.76. The van der Waals surface area contributed by atoms with Gasteiger partial charge in [0.15, 0.2) is 0 Å². The molecule has 5 nitrogen and oxygen atoms in total. The van der Waals surface area contributed by atoms with Crippen LogP contribution in [0.2, 0.25) is 0 Å². The van der Waals surface area contributed by atoms with Crippen molar-refractivity contribution >= 4 is 17.5 Å². The van der Waals surface area contributed by atoms with E-state index in [0.717, 1.165) is 17.7 Å². The van der Waals surface area contributed by atoms with Crippen LogP contribution in [0.5, 0.6) is 0 Å². The highest BCUT2D eigenvalue weighted by Gasteiger charge is 2.31. The van der Waals surface area contributed by atoms with Crippen LogP contribution in [0.15, 0.2) is 24.3 Å². The van der Waals surface area contributed by atoms with Gasteiger partial charge in [-0.2, -0.15) is 0 Å². The summed E-state index contributed by atoms with van der Waals surface area (Å²) in [7, 11) is 0. The monoisotopic (exact) mass is 388 g/mol. The van der Waals surface area contributed by atoms with Crippen molar-refractivity contribution in [2.24, 2.45) is 23.7 Å². The van der Waals surface area contributed by atoms with Crippen LogP contribution in [0.4, 0.5) is 5.69 Å². The number of rotatable bonds is 8. The van der Waals surface area contributed by atoms with Gasteiger partial charge >= 0.3 is 0 Å². The van der Waals surface area contributed by atoms with E-state index in [2.05, 4.69) is 31.4 Å². The van der Waals surface area contributed by atoms with E-state index in [9.17, 15) is 9.59 Å². The van der Waals surface area contributed by atoms with Crippen LogP contribution >= 0.6 is 0 Å². The molecule has 0 heterocycles. The zero-order chi connectivity index (χ0) is 20.7. The first-order valence-corrected chi connectivity index (χ1v) is 10.5. The molecular weight excluding hydrogens is 352 g/mol. The molecule has 2 amide bonds. The zero-order valence-electron chi connectivity index (χ0n) is 18.0. The normalized spacial score (nSPS) is 22.3. The van der Waals surface area contributed by atoms with Crippen LogP contribution in [-0.4, -0.2) is 24.5 Å². The Morgan fingerprint density at radius 3 is 2.39 bits per heavy atom. The largest absolute Gasteiger partial charge is 0.368 e. The van der Waals surface area contributed by atoms with Crippen LogP contribution < -0.4 is 10.6 Å². The average molecular weight is 389 g/mol. The first-order valence-electron chi connectivity index (χ1n) is 10.5. The fourth-order valence-corrected chi connectivity index (χ4v) is 3.73. The van der Waals surface area contributed by atoms with Crippen LogP contribution in [0.1, 0.15) is 59.4 Å². The fourth-order valence-electron chi connectivity index (χ4n) is 3.73. The number of amides is 2.